The van der Waals surface area contributed by atoms with Crippen LogP contribution in [0, 0.1) is 22.7 Å². The minimum Gasteiger partial charge on any atom is -0.741 e. The van der Waals surface area contributed by atoms with E-state index >= 15 is 0 Å². The van der Waals surface area contributed by atoms with Crippen molar-refractivity contribution >= 4 is 30.4 Å². The Balaban J connectivity index is -0.0000000863. The van der Waals surface area contributed by atoms with Crippen LogP contribution >= 0.6 is 0 Å². The van der Waals surface area contributed by atoms with E-state index in [9.17, 15) is 39.5 Å². The monoisotopic (exact) mass is 740 g/mol. The molecule has 1 aliphatic rings. The second-order valence-electron chi connectivity index (χ2n) is 5.29. The zero-order valence-electron chi connectivity index (χ0n) is 19.2. The SMILES string of the molecule is C1=C\CCCC\C=C/1.CC#N.CC#N.O=S(=O)([O-])C(F)(F)F.O=S(=O)([O-])C(F)(F)F.O=S(=O)([O-])C(F)(F)F.[Rh+3]. The van der Waals surface area contributed by atoms with Crippen molar-refractivity contribution in [1.29, 1.82) is 10.5 Å². The van der Waals surface area contributed by atoms with Gasteiger partial charge in [0, 0.05) is 13.8 Å². The average molecular weight is 740 g/mol. The summed E-state index contributed by atoms with van der Waals surface area (Å²) in [6.07, 6.45) is 14.0. The van der Waals surface area contributed by atoms with E-state index in [2.05, 4.69) is 24.3 Å². The molecule has 39 heavy (non-hydrogen) atoms. The first-order chi connectivity index (χ1) is 16.6. The Hall–Kier alpha value is -1.82. The molecule has 0 radical (unpaired) electrons. The summed E-state index contributed by atoms with van der Waals surface area (Å²) in [6.45, 7) is 2.86. The first-order valence-electron chi connectivity index (χ1n) is 8.58. The zero-order valence-corrected chi connectivity index (χ0v) is 23.3. The molecule has 1 rings (SSSR count). The Bertz CT molecular complexity index is 977. The van der Waals surface area contributed by atoms with E-state index in [1.54, 1.807) is 12.1 Å². The molecule has 0 amide bonds. The van der Waals surface area contributed by atoms with Gasteiger partial charge >= 0.3 is 36.0 Å². The van der Waals surface area contributed by atoms with Gasteiger partial charge in [-0.2, -0.15) is 50.0 Å². The van der Waals surface area contributed by atoms with Gasteiger partial charge < -0.3 is 13.7 Å². The predicted molar refractivity (Wildman–Crippen MR) is 107 cm³/mol. The molecule has 232 valence electrons. The molecule has 0 aromatic heterocycles. The summed E-state index contributed by atoms with van der Waals surface area (Å²) < 4.78 is 177. The average Bonchev–Trinajstić information content (AvgIpc) is 2.58. The van der Waals surface area contributed by atoms with E-state index in [1.165, 1.54) is 39.5 Å². The summed E-state index contributed by atoms with van der Waals surface area (Å²) in [6, 6.07) is 3.50. The third kappa shape index (κ3) is 38.4. The predicted octanol–water partition coefficient (Wildman–Crippen LogP) is 3.88. The van der Waals surface area contributed by atoms with Crippen molar-refractivity contribution in [3.8, 4) is 12.1 Å². The van der Waals surface area contributed by atoms with E-state index in [1.807, 2.05) is 0 Å². The fourth-order valence-corrected chi connectivity index (χ4v) is 0.874. The number of halogens is 9. The first-order valence-corrected chi connectivity index (χ1v) is 12.8. The third-order valence-corrected chi connectivity index (χ3v) is 3.93. The second-order valence-corrected chi connectivity index (χ2v) is 9.40. The van der Waals surface area contributed by atoms with Crippen molar-refractivity contribution < 1.29 is 97.9 Å². The first kappa shape index (κ1) is 50.1. The van der Waals surface area contributed by atoms with Crippen LogP contribution < -0.4 is 0 Å². The molecule has 0 aromatic carbocycles. The number of allylic oxidation sites excluding steroid dienone is 4. The Kier molecular flexibility index (Phi) is 29.5. The molecule has 24 heteroatoms. The molecule has 0 atom stereocenters. The normalized spacial score (nSPS) is 14.8. The van der Waals surface area contributed by atoms with E-state index in [0.29, 0.717) is 0 Å². The van der Waals surface area contributed by atoms with Gasteiger partial charge in [-0.1, -0.05) is 24.3 Å². The number of alkyl halides is 9. The van der Waals surface area contributed by atoms with Crippen LogP contribution in [-0.4, -0.2) is 55.4 Å². The van der Waals surface area contributed by atoms with Crippen LogP contribution in [0.1, 0.15) is 39.5 Å². The number of hydrogen-bond donors (Lipinski definition) is 0. The largest absolute Gasteiger partial charge is 3.00 e. The molecule has 0 spiro atoms. The minimum atomic E-state index is -6.09. The smallest absolute Gasteiger partial charge is 0.741 e. The molecule has 0 aliphatic heterocycles. The summed E-state index contributed by atoms with van der Waals surface area (Å²) in [4.78, 5) is 0. The molecule has 0 bridgehead atoms. The molecule has 0 saturated carbocycles. The van der Waals surface area contributed by atoms with Crippen LogP contribution in [-0.2, 0) is 49.8 Å². The van der Waals surface area contributed by atoms with Crippen molar-refractivity contribution in [2.24, 2.45) is 0 Å². The van der Waals surface area contributed by atoms with Gasteiger partial charge in [0.05, 0.1) is 12.1 Å². The van der Waals surface area contributed by atoms with Crippen molar-refractivity contribution in [3.05, 3.63) is 24.3 Å². The topological polar surface area (TPSA) is 219 Å². The van der Waals surface area contributed by atoms with Crippen LogP contribution in [0.15, 0.2) is 24.3 Å². The molecular weight excluding hydrogens is 722 g/mol. The number of hydrogen-bond acceptors (Lipinski definition) is 11. The van der Waals surface area contributed by atoms with E-state index in [-0.39, 0.29) is 19.5 Å². The Morgan fingerprint density at radius 1 is 0.590 bits per heavy atom. The van der Waals surface area contributed by atoms with E-state index in [0.717, 1.165) is 0 Å². The fourth-order valence-electron chi connectivity index (χ4n) is 0.874. The van der Waals surface area contributed by atoms with Crippen LogP contribution in [0.3, 0.4) is 0 Å². The molecule has 0 fully saturated rings. The molecule has 11 nitrogen and oxygen atoms in total. The van der Waals surface area contributed by atoms with Crippen LogP contribution in [0.5, 0.6) is 0 Å². The van der Waals surface area contributed by atoms with Crippen LogP contribution in [0.4, 0.5) is 39.5 Å². The van der Waals surface area contributed by atoms with Crippen LogP contribution in [0.2, 0.25) is 0 Å². The standard InChI is InChI=1S/C8H12.2C2H3N.3CHF3O3S.Rh/c1-2-4-6-8-7-5-3-1;2*1-2-3;3*2-1(3,4)8(5,6)7;/h1-4H,5-8H2;2*1H3;3*(H,5,6,7);/q;;;;;;+3/p-3/b3-1-,4-2-;;;;;;. The minimum absolute atomic E-state index is 0. The molecule has 0 N–H and O–H groups in total. The van der Waals surface area contributed by atoms with Crippen molar-refractivity contribution in [2.75, 3.05) is 0 Å². The summed E-state index contributed by atoms with van der Waals surface area (Å²) in [5.41, 5.74) is -16.9. The van der Waals surface area contributed by atoms with Gasteiger partial charge in [0.1, 0.15) is 0 Å². The third-order valence-electron chi connectivity index (χ3n) is 2.23. The summed E-state index contributed by atoms with van der Waals surface area (Å²) in [7, 11) is -18.3. The Labute approximate surface area is 231 Å². The maximum absolute atomic E-state index is 10.7. The molecule has 0 heterocycles. The maximum Gasteiger partial charge on any atom is 3.00 e. The molecule has 0 unspecified atom stereocenters. The summed E-state index contributed by atoms with van der Waals surface area (Å²) in [5, 5.41) is 14.6. The molecule has 0 saturated heterocycles. The van der Waals surface area contributed by atoms with Gasteiger partial charge in [-0.15, -0.1) is 0 Å². The zero-order chi connectivity index (χ0) is 32.1. The van der Waals surface area contributed by atoms with Gasteiger partial charge in [0.2, 0.25) is 0 Å². The summed E-state index contributed by atoms with van der Waals surface area (Å²) in [5.74, 6) is 0. The van der Waals surface area contributed by atoms with Gasteiger partial charge in [0.25, 0.3) is 0 Å². The number of nitrogens with zero attached hydrogens (tertiary/aromatic N) is 2. The molecule has 1 aliphatic carbocycles. The summed E-state index contributed by atoms with van der Waals surface area (Å²) >= 11 is 0. The van der Waals surface area contributed by atoms with Gasteiger partial charge in [-0.3, -0.25) is 0 Å². The number of nitriles is 2. The van der Waals surface area contributed by atoms with Gasteiger partial charge in [0.15, 0.2) is 30.4 Å². The quantitative estimate of drug-likeness (QED) is 0.150. The van der Waals surface area contributed by atoms with Gasteiger partial charge in [-0.25, -0.2) is 25.3 Å². The number of rotatable bonds is 0. The molecule has 0 aromatic rings. The van der Waals surface area contributed by atoms with Crippen molar-refractivity contribution in [2.45, 2.75) is 56.1 Å². The second kappa shape index (κ2) is 22.9. The Morgan fingerprint density at radius 2 is 0.718 bits per heavy atom. The van der Waals surface area contributed by atoms with Gasteiger partial charge in [-0.05, 0) is 25.7 Å². The maximum atomic E-state index is 10.7. The van der Waals surface area contributed by atoms with Crippen molar-refractivity contribution in [3.63, 3.8) is 0 Å². The van der Waals surface area contributed by atoms with E-state index in [4.69, 9.17) is 49.4 Å². The Morgan fingerprint density at radius 3 is 0.821 bits per heavy atom. The van der Waals surface area contributed by atoms with Crippen molar-refractivity contribution in [1.82, 2.24) is 0 Å². The fraction of sp³-hybridized carbons (Fsp3) is 0.600. The van der Waals surface area contributed by atoms with E-state index < -0.39 is 46.9 Å². The van der Waals surface area contributed by atoms with Crippen LogP contribution in [0.25, 0.3) is 0 Å². The molecular formula is C15H18F9N2O9RhS3.